The van der Waals surface area contributed by atoms with Gasteiger partial charge in [-0.05, 0) is 18.1 Å². The zero-order valence-corrected chi connectivity index (χ0v) is 7.18. The van der Waals surface area contributed by atoms with Crippen LogP contribution in [-0.2, 0) is 0 Å². The zero-order chi connectivity index (χ0) is 8.81. The predicted octanol–water partition coefficient (Wildman–Crippen LogP) is 1.23. The molecule has 0 aromatic carbocycles. The van der Waals surface area contributed by atoms with Crippen LogP contribution in [0.3, 0.4) is 0 Å². The lowest BCUT2D eigenvalue weighted by atomic mass is 10.2. The molecule has 12 heavy (non-hydrogen) atoms. The first kappa shape index (κ1) is 8.64. The van der Waals surface area contributed by atoms with Gasteiger partial charge in [-0.15, -0.1) is 0 Å². The highest BCUT2D eigenvalue weighted by Gasteiger charge is 1.90. The van der Waals surface area contributed by atoms with Gasteiger partial charge in [-0.1, -0.05) is 5.92 Å². The molecule has 0 fully saturated rings. The molecule has 1 aromatic heterocycles. The van der Waals surface area contributed by atoms with Crippen molar-refractivity contribution >= 4 is 12.6 Å². The molecular formula is C9H6N2S. The van der Waals surface area contributed by atoms with Crippen molar-refractivity contribution in [3.05, 3.63) is 29.6 Å². The average molecular weight is 174 g/mol. The number of nitrogens with zero attached hydrogens (tertiary/aromatic N) is 2. The summed E-state index contributed by atoms with van der Waals surface area (Å²) in [6, 6.07) is 5.31. The smallest absolute Gasteiger partial charge is 0.114 e. The first-order valence-corrected chi connectivity index (χ1v) is 3.96. The van der Waals surface area contributed by atoms with E-state index in [1.807, 2.05) is 6.07 Å². The largest absolute Gasteiger partial charge is 0.248 e. The van der Waals surface area contributed by atoms with Gasteiger partial charge >= 0.3 is 0 Å². The molecule has 3 heteroatoms. The zero-order valence-electron chi connectivity index (χ0n) is 6.28. The van der Waals surface area contributed by atoms with Gasteiger partial charge in [-0.3, -0.25) is 0 Å². The van der Waals surface area contributed by atoms with Gasteiger partial charge in [0.15, 0.2) is 0 Å². The monoisotopic (exact) mass is 174 g/mol. The van der Waals surface area contributed by atoms with Crippen molar-refractivity contribution in [3.63, 3.8) is 0 Å². The normalized spacial score (nSPS) is 8.00. The molecular weight excluding hydrogens is 168 g/mol. The molecule has 1 heterocycles. The molecule has 0 atom stereocenters. The molecule has 0 saturated heterocycles. The van der Waals surface area contributed by atoms with E-state index in [-0.39, 0.29) is 0 Å². The average Bonchev–Trinajstić information content (AvgIpc) is 2.15. The lowest BCUT2D eigenvalue weighted by Crippen LogP contribution is -1.83. The molecule has 1 aromatic rings. The Morgan fingerprint density at radius 3 is 3.08 bits per heavy atom. The molecule has 0 amide bonds. The van der Waals surface area contributed by atoms with Crippen LogP contribution in [0.4, 0.5) is 0 Å². The van der Waals surface area contributed by atoms with Crippen LogP contribution in [0.1, 0.15) is 11.3 Å². The van der Waals surface area contributed by atoms with Gasteiger partial charge in [0.05, 0.1) is 17.4 Å². The molecule has 0 unspecified atom stereocenters. The van der Waals surface area contributed by atoms with Gasteiger partial charge in [0, 0.05) is 6.20 Å². The molecule has 0 aliphatic heterocycles. The Bertz CT molecular complexity index is 368. The molecule has 0 N–H and O–H groups in total. The minimum atomic E-state index is 0.498. The Hall–Kier alpha value is -1.45. The van der Waals surface area contributed by atoms with Crippen LogP contribution in [0.5, 0.6) is 0 Å². The van der Waals surface area contributed by atoms with E-state index in [1.54, 1.807) is 18.3 Å². The summed E-state index contributed by atoms with van der Waals surface area (Å²) >= 11 is 3.93. The Labute approximate surface area is 76.7 Å². The van der Waals surface area contributed by atoms with Crippen molar-refractivity contribution < 1.29 is 0 Å². The van der Waals surface area contributed by atoms with E-state index >= 15 is 0 Å². The van der Waals surface area contributed by atoms with E-state index in [0.717, 1.165) is 0 Å². The van der Waals surface area contributed by atoms with Crippen molar-refractivity contribution in [3.8, 4) is 17.9 Å². The van der Waals surface area contributed by atoms with Crippen molar-refractivity contribution in [2.24, 2.45) is 0 Å². The fraction of sp³-hybridized carbons (Fsp3) is 0.111. The predicted molar refractivity (Wildman–Crippen MR) is 49.7 cm³/mol. The highest BCUT2D eigenvalue weighted by atomic mass is 32.1. The molecule has 1 rings (SSSR count). The molecule has 0 spiro atoms. The molecule has 0 aliphatic carbocycles. The molecule has 0 aliphatic rings. The summed E-state index contributed by atoms with van der Waals surface area (Å²) in [5, 5.41) is 8.55. The SMILES string of the molecule is N#Cc1ccnc(C#CCS)c1. The van der Waals surface area contributed by atoms with Crippen molar-refractivity contribution in [2.75, 3.05) is 5.75 Å². The number of pyridine rings is 1. The number of hydrogen-bond donors (Lipinski definition) is 1. The third-order valence-electron chi connectivity index (χ3n) is 1.18. The fourth-order valence-electron chi connectivity index (χ4n) is 0.699. The second kappa shape index (κ2) is 4.43. The standard InChI is InChI=1S/C9H6N2S/c10-7-8-3-4-11-9(6-8)2-1-5-12/h3-4,6,12H,5H2. The van der Waals surface area contributed by atoms with Crippen molar-refractivity contribution in [1.82, 2.24) is 4.98 Å². The molecule has 0 saturated carbocycles. The number of nitriles is 1. The van der Waals surface area contributed by atoms with E-state index in [9.17, 15) is 0 Å². The van der Waals surface area contributed by atoms with Crippen molar-refractivity contribution in [2.45, 2.75) is 0 Å². The number of aromatic nitrogens is 1. The minimum Gasteiger partial charge on any atom is -0.248 e. The van der Waals surface area contributed by atoms with E-state index in [0.29, 0.717) is 17.0 Å². The van der Waals surface area contributed by atoms with Crippen LogP contribution >= 0.6 is 12.6 Å². The lowest BCUT2D eigenvalue weighted by molar-refractivity contribution is 1.27. The third-order valence-corrected chi connectivity index (χ3v) is 1.34. The molecule has 0 radical (unpaired) electrons. The highest BCUT2D eigenvalue weighted by Crippen LogP contribution is 1.97. The first-order valence-electron chi connectivity index (χ1n) is 3.32. The summed E-state index contributed by atoms with van der Waals surface area (Å²) in [5.41, 5.74) is 1.19. The Morgan fingerprint density at radius 2 is 2.42 bits per heavy atom. The van der Waals surface area contributed by atoms with Crippen LogP contribution < -0.4 is 0 Å². The lowest BCUT2D eigenvalue weighted by Gasteiger charge is -1.88. The summed E-state index contributed by atoms with van der Waals surface area (Å²) in [6.07, 6.45) is 1.57. The second-order valence-electron chi connectivity index (χ2n) is 2.00. The van der Waals surface area contributed by atoms with E-state index in [4.69, 9.17) is 5.26 Å². The quantitative estimate of drug-likeness (QED) is 0.474. The van der Waals surface area contributed by atoms with Gasteiger partial charge in [0.1, 0.15) is 5.69 Å². The number of thiol groups is 1. The van der Waals surface area contributed by atoms with E-state index in [1.165, 1.54) is 0 Å². The molecule has 2 nitrogen and oxygen atoms in total. The van der Waals surface area contributed by atoms with Crippen LogP contribution in [0, 0.1) is 23.2 Å². The number of hydrogen-bond acceptors (Lipinski definition) is 3. The molecule has 58 valence electrons. The van der Waals surface area contributed by atoms with E-state index in [2.05, 4.69) is 29.5 Å². The van der Waals surface area contributed by atoms with Crippen LogP contribution in [-0.4, -0.2) is 10.7 Å². The maximum absolute atomic E-state index is 8.55. The summed E-state index contributed by atoms with van der Waals surface area (Å²) in [7, 11) is 0. The van der Waals surface area contributed by atoms with Gasteiger partial charge in [-0.25, -0.2) is 4.98 Å². The van der Waals surface area contributed by atoms with Crippen LogP contribution in [0.2, 0.25) is 0 Å². The van der Waals surface area contributed by atoms with Crippen LogP contribution in [0.15, 0.2) is 18.3 Å². The van der Waals surface area contributed by atoms with Gasteiger partial charge < -0.3 is 0 Å². The topological polar surface area (TPSA) is 36.7 Å². The maximum Gasteiger partial charge on any atom is 0.114 e. The Balaban J connectivity index is 2.96. The van der Waals surface area contributed by atoms with Crippen LogP contribution in [0.25, 0.3) is 0 Å². The van der Waals surface area contributed by atoms with Gasteiger partial charge in [-0.2, -0.15) is 17.9 Å². The van der Waals surface area contributed by atoms with E-state index < -0.39 is 0 Å². The summed E-state index contributed by atoms with van der Waals surface area (Å²) in [5.74, 6) is 6.04. The van der Waals surface area contributed by atoms with Gasteiger partial charge in [0.25, 0.3) is 0 Å². The Morgan fingerprint density at radius 1 is 1.58 bits per heavy atom. The van der Waals surface area contributed by atoms with Gasteiger partial charge in [0.2, 0.25) is 0 Å². The summed E-state index contributed by atoms with van der Waals surface area (Å²) in [4.78, 5) is 3.97. The fourth-order valence-corrected chi connectivity index (χ4v) is 0.778. The number of rotatable bonds is 0. The maximum atomic E-state index is 8.55. The Kier molecular flexibility index (Phi) is 3.19. The third kappa shape index (κ3) is 2.30. The van der Waals surface area contributed by atoms with Crippen molar-refractivity contribution in [1.29, 1.82) is 5.26 Å². The summed E-state index contributed by atoms with van der Waals surface area (Å²) in [6.45, 7) is 0. The molecule has 0 bridgehead atoms. The first-order chi connectivity index (χ1) is 5.86. The minimum absolute atomic E-state index is 0.498. The summed E-state index contributed by atoms with van der Waals surface area (Å²) < 4.78 is 0. The highest BCUT2D eigenvalue weighted by molar-refractivity contribution is 7.80. The second-order valence-corrected chi connectivity index (χ2v) is 2.32.